The lowest BCUT2D eigenvalue weighted by Gasteiger charge is -2.32. The van der Waals surface area contributed by atoms with E-state index in [2.05, 4.69) is 35.0 Å². The molecule has 0 bridgehead atoms. The number of para-hydroxylation sites is 1. The molecule has 0 atom stereocenters. The van der Waals surface area contributed by atoms with Gasteiger partial charge in [-0.25, -0.2) is 0 Å². The molecular formula is C26H28ClN3O2S. The number of carbonyl (C=O) groups excluding carboxylic acids is 1. The van der Waals surface area contributed by atoms with Gasteiger partial charge >= 0.3 is 0 Å². The van der Waals surface area contributed by atoms with Crippen LogP contribution < -0.4 is 9.64 Å². The molecule has 1 saturated heterocycles. The first-order valence-corrected chi connectivity index (χ1v) is 12.5. The van der Waals surface area contributed by atoms with Gasteiger partial charge < -0.3 is 14.5 Å². The molecule has 7 heteroatoms. The van der Waals surface area contributed by atoms with Crippen molar-refractivity contribution >= 4 is 34.5 Å². The number of amides is 1. The van der Waals surface area contributed by atoms with Gasteiger partial charge in [0, 0.05) is 56.6 Å². The van der Waals surface area contributed by atoms with Crippen LogP contribution in [0.4, 0.5) is 5.69 Å². The van der Waals surface area contributed by atoms with Gasteiger partial charge in [-0.05, 0) is 48.5 Å². The molecule has 0 spiro atoms. The zero-order valence-corrected chi connectivity index (χ0v) is 20.6. The van der Waals surface area contributed by atoms with Crippen LogP contribution in [-0.2, 0) is 13.0 Å². The Morgan fingerprint density at radius 3 is 2.70 bits per heavy atom. The monoisotopic (exact) mass is 481 g/mol. The Morgan fingerprint density at radius 2 is 1.91 bits per heavy atom. The van der Waals surface area contributed by atoms with Crippen LogP contribution in [0.1, 0.15) is 20.8 Å². The number of carbonyl (C=O) groups is 1. The van der Waals surface area contributed by atoms with Gasteiger partial charge in [0.1, 0.15) is 5.75 Å². The average Bonchev–Trinajstić information content (AvgIpc) is 3.16. The number of hydrogen-bond donors (Lipinski definition) is 0. The van der Waals surface area contributed by atoms with Crippen molar-refractivity contribution in [2.45, 2.75) is 13.0 Å². The van der Waals surface area contributed by atoms with Gasteiger partial charge in [0.05, 0.1) is 22.2 Å². The van der Waals surface area contributed by atoms with E-state index >= 15 is 0 Å². The molecule has 33 heavy (non-hydrogen) atoms. The molecule has 2 aliphatic heterocycles. The van der Waals surface area contributed by atoms with E-state index in [1.165, 1.54) is 22.5 Å². The van der Waals surface area contributed by atoms with E-state index in [0.717, 1.165) is 60.2 Å². The van der Waals surface area contributed by atoms with E-state index in [4.69, 9.17) is 16.3 Å². The summed E-state index contributed by atoms with van der Waals surface area (Å²) in [5, 5.41) is 0.568. The highest BCUT2D eigenvalue weighted by atomic mass is 35.5. The highest BCUT2D eigenvalue weighted by Gasteiger charge is 2.24. The Bertz CT molecular complexity index is 1170. The van der Waals surface area contributed by atoms with Gasteiger partial charge in [-0.15, -0.1) is 11.3 Å². The molecular weight excluding hydrogens is 454 g/mol. The molecule has 172 valence electrons. The lowest BCUT2D eigenvalue weighted by Crippen LogP contribution is -2.43. The van der Waals surface area contributed by atoms with Gasteiger partial charge in [0.15, 0.2) is 0 Å². The quantitative estimate of drug-likeness (QED) is 0.523. The second-order valence-electron chi connectivity index (χ2n) is 8.79. The summed E-state index contributed by atoms with van der Waals surface area (Å²) >= 11 is 7.86. The molecule has 1 aromatic heterocycles. The molecule has 3 heterocycles. The molecule has 0 radical (unpaired) electrons. The second kappa shape index (κ2) is 9.47. The molecule has 3 aromatic rings. The van der Waals surface area contributed by atoms with E-state index in [1.807, 2.05) is 24.3 Å². The Hall–Kier alpha value is -2.38. The summed E-state index contributed by atoms with van der Waals surface area (Å²) in [6, 6.07) is 16.0. The molecule has 1 fully saturated rings. The molecule has 0 aliphatic carbocycles. The molecule has 5 nitrogen and oxygen atoms in total. The number of thiophene rings is 1. The summed E-state index contributed by atoms with van der Waals surface area (Å²) < 4.78 is 6.14. The minimum atomic E-state index is -0.0460. The SMILES string of the molecule is CN1CCN(Cc2ccc3c(c2)OCCc2cc(C(=O)N(C)c4ccccc4Cl)sc2-3)CC1. The fraction of sp³-hybridized carbons (Fsp3) is 0.346. The number of fused-ring (bicyclic) bond motifs is 3. The van der Waals surface area contributed by atoms with Crippen LogP contribution in [-0.4, -0.2) is 62.6 Å². The molecule has 0 N–H and O–H groups in total. The van der Waals surface area contributed by atoms with Crippen LogP contribution in [0.15, 0.2) is 48.5 Å². The Morgan fingerprint density at radius 1 is 1.12 bits per heavy atom. The highest BCUT2D eigenvalue weighted by molar-refractivity contribution is 7.17. The normalized spacial score (nSPS) is 16.5. The maximum atomic E-state index is 13.2. The maximum absolute atomic E-state index is 13.2. The summed E-state index contributed by atoms with van der Waals surface area (Å²) in [5.41, 5.74) is 4.23. The van der Waals surface area contributed by atoms with Crippen LogP contribution in [0.2, 0.25) is 5.02 Å². The standard InChI is InChI=1S/C26H28ClN3O2S/c1-28-10-12-30(13-11-28)17-18-7-8-20-23(15-18)32-14-9-19-16-24(33-25(19)20)26(31)29(2)22-6-4-3-5-21(22)27/h3-8,15-16H,9-14,17H2,1-2H3. The fourth-order valence-electron chi connectivity index (χ4n) is 4.45. The first-order chi connectivity index (χ1) is 16.0. The summed E-state index contributed by atoms with van der Waals surface area (Å²) in [6.45, 7) is 5.96. The number of nitrogens with zero attached hydrogens (tertiary/aromatic N) is 3. The lowest BCUT2D eigenvalue weighted by atomic mass is 10.0. The predicted molar refractivity (Wildman–Crippen MR) is 136 cm³/mol. The lowest BCUT2D eigenvalue weighted by molar-refractivity contribution is 0.0996. The summed E-state index contributed by atoms with van der Waals surface area (Å²) in [4.78, 5) is 21.6. The number of benzene rings is 2. The van der Waals surface area contributed by atoms with Crippen LogP contribution in [0.5, 0.6) is 5.75 Å². The number of rotatable bonds is 4. The van der Waals surface area contributed by atoms with Crippen LogP contribution in [0.25, 0.3) is 10.4 Å². The van der Waals surface area contributed by atoms with Crippen molar-refractivity contribution in [3.8, 4) is 16.2 Å². The van der Waals surface area contributed by atoms with Crippen molar-refractivity contribution in [1.29, 1.82) is 0 Å². The Kier molecular flexibility index (Phi) is 6.43. The molecule has 1 amide bonds. The molecule has 0 saturated carbocycles. The number of halogens is 1. The number of piperazine rings is 1. The number of ether oxygens (including phenoxy) is 1. The van der Waals surface area contributed by atoms with Crippen molar-refractivity contribution < 1.29 is 9.53 Å². The zero-order chi connectivity index (χ0) is 22.9. The van der Waals surface area contributed by atoms with E-state index in [9.17, 15) is 4.79 Å². The van der Waals surface area contributed by atoms with Crippen LogP contribution in [0, 0.1) is 0 Å². The van der Waals surface area contributed by atoms with Crippen molar-refractivity contribution in [2.24, 2.45) is 0 Å². The van der Waals surface area contributed by atoms with E-state index in [0.29, 0.717) is 17.3 Å². The first-order valence-electron chi connectivity index (χ1n) is 11.3. The number of anilines is 1. The van der Waals surface area contributed by atoms with E-state index < -0.39 is 0 Å². The van der Waals surface area contributed by atoms with E-state index in [-0.39, 0.29) is 5.91 Å². The van der Waals surface area contributed by atoms with Gasteiger partial charge in [0.2, 0.25) is 0 Å². The van der Waals surface area contributed by atoms with E-state index in [1.54, 1.807) is 18.0 Å². The van der Waals surface area contributed by atoms with Crippen LogP contribution in [0.3, 0.4) is 0 Å². The first kappa shape index (κ1) is 22.4. The van der Waals surface area contributed by atoms with Gasteiger partial charge in [-0.2, -0.15) is 0 Å². The largest absolute Gasteiger partial charge is 0.493 e. The van der Waals surface area contributed by atoms with Gasteiger partial charge in [0.25, 0.3) is 5.91 Å². The topological polar surface area (TPSA) is 36.0 Å². The van der Waals surface area contributed by atoms with Crippen molar-refractivity contribution in [1.82, 2.24) is 9.80 Å². The van der Waals surface area contributed by atoms with Gasteiger partial charge in [-0.3, -0.25) is 9.69 Å². The third kappa shape index (κ3) is 4.66. The summed E-state index contributed by atoms with van der Waals surface area (Å²) in [7, 11) is 3.95. The fourth-order valence-corrected chi connectivity index (χ4v) is 5.93. The molecule has 2 aliphatic rings. The average molecular weight is 482 g/mol. The van der Waals surface area contributed by atoms with Crippen molar-refractivity contribution in [2.75, 3.05) is 51.8 Å². The predicted octanol–water partition coefficient (Wildman–Crippen LogP) is 5.03. The highest BCUT2D eigenvalue weighted by Crippen LogP contribution is 2.42. The Labute approximate surface area is 204 Å². The maximum Gasteiger partial charge on any atom is 0.268 e. The minimum Gasteiger partial charge on any atom is -0.493 e. The summed E-state index contributed by atoms with van der Waals surface area (Å²) in [6.07, 6.45) is 0.789. The third-order valence-electron chi connectivity index (χ3n) is 6.46. The van der Waals surface area contributed by atoms with Crippen molar-refractivity contribution in [3.63, 3.8) is 0 Å². The van der Waals surface area contributed by atoms with Crippen molar-refractivity contribution in [3.05, 3.63) is 69.6 Å². The van der Waals surface area contributed by atoms with Crippen LogP contribution >= 0.6 is 22.9 Å². The third-order valence-corrected chi connectivity index (χ3v) is 7.98. The Balaban J connectivity index is 1.39. The molecule has 2 aromatic carbocycles. The van der Waals surface area contributed by atoms with Gasteiger partial charge in [-0.1, -0.05) is 29.8 Å². The minimum absolute atomic E-state index is 0.0460. The number of hydrogen-bond acceptors (Lipinski definition) is 5. The summed E-state index contributed by atoms with van der Waals surface area (Å²) in [5.74, 6) is 0.871. The molecule has 5 rings (SSSR count). The second-order valence-corrected chi connectivity index (χ2v) is 10.2. The smallest absolute Gasteiger partial charge is 0.268 e. The molecule has 0 unspecified atom stereocenters. The number of likely N-dealkylation sites (N-methyl/N-ethyl adjacent to an activating group) is 1. The zero-order valence-electron chi connectivity index (χ0n) is 19.0.